The number of halogens is 3. The van der Waals surface area contributed by atoms with Crippen LogP contribution in [0.5, 0.6) is 0 Å². The Morgan fingerprint density at radius 1 is 1.38 bits per heavy atom. The Labute approximate surface area is 118 Å². The van der Waals surface area contributed by atoms with Crippen LogP contribution in [0.25, 0.3) is 0 Å². The van der Waals surface area contributed by atoms with Gasteiger partial charge in [-0.1, -0.05) is 0 Å². The van der Waals surface area contributed by atoms with Crippen molar-refractivity contribution in [1.29, 1.82) is 0 Å². The van der Waals surface area contributed by atoms with Gasteiger partial charge in [0.25, 0.3) is 0 Å². The Bertz CT molecular complexity index is 387. The zero-order valence-corrected chi connectivity index (χ0v) is 11.3. The average Bonchev–Trinajstić information content (AvgIpc) is 2.33. The number of nitrogens with two attached hydrogens (primary N) is 2. The second kappa shape index (κ2) is 9.00. The third-order valence-corrected chi connectivity index (χ3v) is 1.94. The number of guanidine groups is 1. The molecule has 0 rings (SSSR count). The molecule has 0 spiro atoms. The molecule has 0 aliphatic rings. The molecular formula is C10H17F3N4O4. The molecule has 1 atom stereocenters. The number of carbonyl (C=O) groups excluding carboxylic acids is 2. The number of nitrogens with one attached hydrogen (secondary N) is 1. The van der Waals surface area contributed by atoms with Crippen molar-refractivity contribution in [3.05, 3.63) is 0 Å². The molecule has 21 heavy (non-hydrogen) atoms. The monoisotopic (exact) mass is 314 g/mol. The number of amides is 1. The summed E-state index contributed by atoms with van der Waals surface area (Å²) in [5.41, 5.74) is 10.5. The highest BCUT2D eigenvalue weighted by Crippen LogP contribution is 2.17. The number of hydrogen-bond acceptors (Lipinski definition) is 5. The molecule has 0 aromatic heterocycles. The molecule has 11 heteroatoms. The molecule has 0 saturated heterocycles. The quantitative estimate of drug-likeness (QED) is 0.210. The molecular weight excluding hydrogens is 297 g/mol. The minimum absolute atomic E-state index is 0.0263. The van der Waals surface area contributed by atoms with Gasteiger partial charge in [0.2, 0.25) is 0 Å². The van der Waals surface area contributed by atoms with Gasteiger partial charge in [0.05, 0.1) is 6.61 Å². The normalized spacial score (nSPS) is 13.5. The number of aliphatic imine (C=N–C) groups is 1. The van der Waals surface area contributed by atoms with E-state index < -0.39 is 24.5 Å². The summed E-state index contributed by atoms with van der Waals surface area (Å²) >= 11 is 0. The van der Waals surface area contributed by atoms with Crippen molar-refractivity contribution in [1.82, 2.24) is 5.32 Å². The first-order valence-corrected chi connectivity index (χ1v) is 5.95. The van der Waals surface area contributed by atoms with Gasteiger partial charge in [0.15, 0.2) is 12.2 Å². The molecule has 0 aliphatic heterocycles. The Balaban J connectivity index is 3.90. The van der Waals surface area contributed by atoms with E-state index in [0.717, 1.165) is 0 Å². The minimum atomic E-state index is -5.08. The lowest BCUT2D eigenvalue weighted by molar-refractivity contribution is -0.204. The van der Waals surface area contributed by atoms with E-state index in [1.165, 1.54) is 0 Å². The lowest BCUT2D eigenvalue weighted by Crippen LogP contribution is -2.36. The maximum atomic E-state index is 11.9. The van der Waals surface area contributed by atoms with Crippen LogP contribution in [-0.4, -0.2) is 43.6 Å². The fourth-order valence-corrected chi connectivity index (χ4v) is 1.08. The first-order chi connectivity index (χ1) is 9.66. The predicted molar refractivity (Wildman–Crippen MR) is 66.0 cm³/mol. The van der Waals surface area contributed by atoms with Gasteiger partial charge in [-0.15, -0.1) is 4.99 Å². The van der Waals surface area contributed by atoms with Gasteiger partial charge in [-0.25, -0.2) is 9.59 Å². The lowest BCUT2D eigenvalue weighted by Gasteiger charge is -2.14. The molecule has 8 nitrogen and oxygen atoms in total. The second-order valence-electron chi connectivity index (χ2n) is 3.71. The first-order valence-electron chi connectivity index (χ1n) is 5.95. The Morgan fingerprint density at radius 3 is 2.52 bits per heavy atom. The van der Waals surface area contributed by atoms with E-state index in [4.69, 9.17) is 11.5 Å². The van der Waals surface area contributed by atoms with E-state index in [-0.39, 0.29) is 32.0 Å². The third kappa shape index (κ3) is 9.49. The van der Waals surface area contributed by atoms with E-state index in [0.29, 0.717) is 0 Å². The summed E-state index contributed by atoms with van der Waals surface area (Å²) in [5, 5.41) is 2.52. The van der Waals surface area contributed by atoms with Gasteiger partial charge in [0.1, 0.15) is 0 Å². The van der Waals surface area contributed by atoms with Crippen molar-refractivity contribution in [3.8, 4) is 0 Å². The molecule has 0 saturated carbocycles. The van der Waals surface area contributed by atoms with E-state index in [1.54, 1.807) is 6.92 Å². The summed E-state index contributed by atoms with van der Waals surface area (Å²) in [5.74, 6) is -2.54. The van der Waals surface area contributed by atoms with Gasteiger partial charge < -0.3 is 20.5 Å². The fourth-order valence-electron chi connectivity index (χ4n) is 1.08. The molecule has 0 aliphatic carbocycles. The zero-order valence-electron chi connectivity index (χ0n) is 11.3. The highest BCUT2D eigenvalue weighted by molar-refractivity contribution is 5.88. The topological polar surface area (TPSA) is 129 Å². The van der Waals surface area contributed by atoms with Gasteiger partial charge in [-0.2, -0.15) is 13.2 Å². The highest BCUT2D eigenvalue weighted by Gasteiger charge is 2.41. The van der Waals surface area contributed by atoms with E-state index >= 15 is 0 Å². The number of ether oxygens (including phenoxy) is 2. The maximum absolute atomic E-state index is 11.9. The zero-order chi connectivity index (χ0) is 16.5. The molecule has 122 valence electrons. The van der Waals surface area contributed by atoms with E-state index in [2.05, 4.69) is 19.8 Å². The number of hydrogen-bond donors (Lipinski definition) is 3. The van der Waals surface area contributed by atoms with Crippen LogP contribution in [0.1, 0.15) is 19.8 Å². The molecule has 0 aromatic carbocycles. The largest absolute Gasteiger partial charge is 0.490 e. The summed E-state index contributed by atoms with van der Waals surface area (Å²) in [7, 11) is 0. The Morgan fingerprint density at radius 2 is 2.00 bits per heavy atom. The minimum Gasteiger partial charge on any atom is -0.448 e. The molecule has 5 N–H and O–H groups in total. The molecule has 0 bridgehead atoms. The standard InChI is InChI=1S/C10H17F3N4O4/c1-2-20-9(19)17-8(15)16-5-3-4-6(14)21-7(18)10(11,12)13/h6H,2-5,14H2,1H3,(H3,15,16,17,19). The molecule has 0 radical (unpaired) electrons. The predicted octanol–water partition coefficient (Wildman–Crippen LogP) is 0.218. The first kappa shape index (κ1) is 19.0. The van der Waals surface area contributed by atoms with Crippen LogP contribution in [0.3, 0.4) is 0 Å². The number of alkyl halides is 3. The smallest absolute Gasteiger partial charge is 0.448 e. The summed E-state index contributed by atoms with van der Waals surface area (Å²) in [6.07, 6.45) is -7.11. The summed E-state index contributed by atoms with van der Waals surface area (Å²) < 4.78 is 44.1. The van der Waals surface area contributed by atoms with Crippen molar-refractivity contribution in [2.24, 2.45) is 16.5 Å². The van der Waals surface area contributed by atoms with Crippen molar-refractivity contribution >= 4 is 18.0 Å². The summed E-state index contributed by atoms with van der Waals surface area (Å²) in [6, 6.07) is 0. The van der Waals surface area contributed by atoms with Crippen LogP contribution in [-0.2, 0) is 14.3 Å². The van der Waals surface area contributed by atoms with Crippen LogP contribution < -0.4 is 16.8 Å². The number of rotatable bonds is 6. The van der Waals surface area contributed by atoms with E-state index in [9.17, 15) is 22.8 Å². The Hall–Kier alpha value is -2.04. The molecule has 1 amide bonds. The molecule has 1 unspecified atom stereocenters. The number of carbonyl (C=O) groups is 2. The maximum Gasteiger partial charge on any atom is 0.490 e. The third-order valence-electron chi connectivity index (χ3n) is 1.94. The van der Waals surface area contributed by atoms with Gasteiger partial charge in [-0.05, 0) is 19.8 Å². The van der Waals surface area contributed by atoms with Crippen LogP contribution in [0.15, 0.2) is 4.99 Å². The van der Waals surface area contributed by atoms with Crippen molar-refractivity contribution in [2.75, 3.05) is 13.2 Å². The van der Waals surface area contributed by atoms with Gasteiger partial charge >= 0.3 is 18.2 Å². The van der Waals surface area contributed by atoms with E-state index in [1.807, 2.05) is 0 Å². The number of esters is 1. The van der Waals surface area contributed by atoms with Crippen molar-refractivity contribution < 1.29 is 32.2 Å². The highest BCUT2D eigenvalue weighted by atomic mass is 19.4. The summed E-state index contributed by atoms with van der Waals surface area (Å²) in [4.78, 5) is 24.7. The SMILES string of the molecule is CCOC(=O)N=C(N)NCCCC(N)OC(=O)C(F)(F)F. The second-order valence-corrected chi connectivity index (χ2v) is 3.71. The molecule has 0 fully saturated rings. The van der Waals surface area contributed by atoms with Crippen molar-refractivity contribution in [2.45, 2.75) is 32.2 Å². The summed E-state index contributed by atoms with van der Waals surface area (Å²) in [6.45, 7) is 1.92. The lowest BCUT2D eigenvalue weighted by atomic mass is 10.3. The van der Waals surface area contributed by atoms with Crippen LogP contribution in [0.2, 0.25) is 0 Å². The fraction of sp³-hybridized carbons (Fsp3) is 0.700. The van der Waals surface area contributed by atoms with Crippen LogP contribution in [0.4, 0.5) is 18.0 Å². The van der Waals surface area contributed by atoms with Gasteiger partial charge in [-0.3, -0.25) is 5.73 Å². The van der Waals surface area contributed by atoms with Gasteiger partial charge in [0, 0.05) is 6.54 Å². The average molecular weight is 314 g/mol. The number of nitrogens with zero attached hydrogens (tertiary/aromatic N) is 1. The molecule has 0 aromatic rings. The van der Waals surface area contributed by atoms with Crippen LogP contribution in [0, 0.1) is 0 Å². The Kier molecular flexibility index (Phi) is 8.12. The van der Waals surface area contributed by atoms with Crippen LogP contribution >= 0.6 is 0 Å². The van der Waals surface area contributed by atoms with Crippen molar-refractivity contribution in [3.63, 3.8) is 0 Å². The molecule has 0 heterocycles.